The molecule has 108 valence electrons. The number of ether oxygens (including phenoxy) is 1. The number of nitro groups is 1. The van der Waals surface area contributed by atoms with E-state index in [1.165, 1.54) is 36.4 Å². The lowest BCUT2D eigenvalue weighted by molar-refractivity contribution is -0.385. The van der Waals surface area contributed by atoms with E-state index < -0.39 is 16.5 Å². The largest absolute Gasteiger partial charge is 0.484 e. The van der Waals surface area contributed by atoms with Gasteiger partial charge in [-0.2, -0.15) is 0 Å². The van der Waals surface area contributed by atoms with Gasteiger partial charge >= 0.3 is 0 Å². The molecule has 7 heteroatoms. The van der Waals surface area contributed by atoms with Crippen LogP contribution in [0.5, 0.6) is 5.75 Å². The first-order chi connectivity index (χ1) is 9.97. The quantitative estimate of drug-likeness (QED) is 0.332. The van der Waals surface area contributed by atoms with E-state index in [0.29, 0.717) is 3.57 Å². The molecule has 0 atom stereocenters. The van der Waals surface area contributed by atoms with E-state index in [9.17, 15) is 19.3 Å². The van der Waals surface area contributed by atoms with Crippen molar-refractivity contribution in [2.75, 3.05) is 6.61 Å². The van der Waals surface area contributed by atoms with Gasteiger partial charge in [0.1, 0.15) is 11.6 Å². The average molecular weight is 401 g/mol. The van der Waals surface area contributed by atoms with Crippen molar-refractivity contribution in [2.45, 2.75) is 0 Å². The summed E-state index contributed by atoms with van der Waals surface area (Å²) in [6.45, 7) is -0.319. The first-order valence-corrected chi connectivity index (χ1v) is 6.91. The SMILES string of the molecule is O=C(COc1cc([N+](=O)[O-])ccc1I)c1cccc(F)c1. The van der Waals surface area contributed by atoms with E-state index in [0.717, 1.165) is 6.07 Å². The van der Waals surface area contributed by atoms with E-state index in [-0.39, 0.29) is 23.6 Å². The number of ketones is 1. The van der Waals surface area contributed by atoms with Crippen LogP contribution >= 0.6 is 22.6 Å². The summed E-state index contributed by atoms with van der Waals surface area (Å²) in [6.07, 6.45) is 0. The molecule has 5 nitrogen and oxygen atoms in total. The van der Waals surface area contributed by atoms with Gasteiger partial charge in [0.15, 0.2) is 12.4 Å². The summed E-state index contributed by atoms with van der Waals surface area (Å²) in [7, 11) is 0. The van der Waals surface area contributed by atoms with Crippen molar-refractivity contribution in [3.8, 4) is 5.75 Å². The Balaban J connectivity index is 2.11. The lowest BCUT2D eigenvalue weighted by atomic mass is 10.1. The first-order valence-electron chi connectivity index (χ1n) is 5.83. The fraction of sp³-hybridized carbons (Fsp3) is 0.0714. The van der Waals surface area contributed by atoms with Gasteiger partial charge in [0.05, 0.1) is 14.6 Å². The Hall–Kier alpha value is -2.03. The minimum Gasteiger partial charge on any atom is -0.484 e. The predicted molar refractivity (Wildman–Crippen MR) is 82.0 cm³/mol. The van der Waals surface area contributed by atoms with Gasteiger partial charge in [-0.1, -0.05) is 12.1 Å². The number of carbonyl (C=O) groups is 1. The lowest BCUT2D eigenvalue weighted by Gasteiger charge is -2.07. The molecule has 0 amide bonds. The maximum atomic E-state index is 13.0. The van der Waals surface area contributed by atoms with Crippen LogP contribution in [0, 0.1) is 19.5 Å². The summed E-state index contributed by atoms with van der Waals surface area (Å²) in [5, 5.41) is 10.7. The lowest BCUT2D eigenvalue weighted by Crippen LogP contribution is -2.12. The monoisotopic (exact) mass is 401 g/mol. The number of non-ortho nitro benzene ring substituents is 1. The number of benzene rings is 2. The Kier molecular flexibility index (Phi) is 4.84. The molecule has 0 aromatic heterocycles. The van der Waals surface area contributed by atoms with E-state index >= 15 is 0 Å². The number of hydrogen-bond donors (Lipinski definition) is 0. The van der Waals surface area contributed by atoms with Crippen LogP contribution in [0.2, 0.25) is 0 Å². The van der Waals surface area contributed by atoms with Gasteiger partial charge in [-0.15, -0.1) is 0 Å². The topological polar surface area (TPSA) is 69.4 Å². The number of nitrogens with zero attached hydrogens (tertiary/aromatic N) is 1. The van der Waals surface area contributed by atoms with Crippen molar-refractivity contribution < 1.29 is 18.8 Å². The van der Waals surface area contributed by atoms with E-state index in [4.69, 9.17) is 4.74 Å². The Bertz CT molecular complexity index is 705. The summed E-state index contributed by atoms with van der Waals surface area (Å²) in [5.74, 6) is -0.669. The zero-order valence-corrected chi connectivity index (χ0v) is 12.7. The Labute approximate surface area is 133 Å². The number of halogens is 2. The van der Waals surface area contributed by atoms with Crippen molar-refractivity contribution >= 4 is 34.1 Å². The van der Waals surface area contributed by atoms with Crippen LogP contribution < -0.4 is 4.74 Å². The van der Waals surface area contributed by atoms with Crippen LogP contribution in [0.1, 0.15) is 10.4 Å². The molecule has 0 saturated heterocycles. The molecule has 0 bridgehead atoms. The van der Waals surface area contributed by atoms with Crippen LogP contribution in [-0.2, 0) is 0 Å². The molecule has 0 unspecified atom stereocenters. The molecule has 2 aromatic carbocycles. The molecule has 2 rings (SSSR count). The molecule has 0 fully saturated rings. The Morgan fingerprint density at radius 3 is 2.71 bits per heavy atom. The fourth-order valence-electron chi connectivity index (χ4n) is 1.60. The smallest absolute Gasteiger partial charge is 0.273 e. The second-order valence-electron chi connectivity index (χ2n) is 4.09. The van der Waals surface area contributed by atoms with E-state index in [1.807, 2.05) is 22.6 Å². The molecule has 0 spiro atoms. The average Bonchev–Trinajstić information content (AvgIpc) is 2.45. The molecule has 0 aliphatic carbocycles. The van der Waals surface area contributed by atoms with Crippen LogP contribution in [-0.4, -0.2) is 17.3 Å². The summed E-state index contributed by atoms with van der Waals surface area (Å²) in [5.41, 5.74) is 0.0686. The van der Waals surface area contributed by atoms with E-state index in [2.05, 4.69) is 0 Å². The molecule has 2 aromatic rings. The second kappa shape index (κ2) is 6.61. The highest BCUT2D eigenvalue weighted by molar-refractivity contribution is 14.1. The molecule has 0 aliphatic rings. The van der Waals surface area contributed by atoms with E-state index in [1.54, 1.807) is 0 Å². The van der Waals surface area contributed by atoms with Crippen molar-refractivity contribution in [3.63, 3.8) is 0 Å². The highest BCUT2D eigenvalue weighted by atomic mass is 127. The molecule has 0 saturated carbocycles. The molecule has 0 heterocycles. The van der Waals surface area contributed by atoms with Gasteiger partial charge in [-0.05, 0) is 40.8 Å². The van der Waals surface area contributed by atoms with Gasteiger partial charge in [0, 0.05) is 11.6 Å². The third-order valence-corrected chi connectivity index (χ3v) is 3.52. The maximum Gasteiger partial charge on any atom is 0.273 e. The standard InChI is InChI=1S/C14H9FINO4/c15-10-3-1-2-9(6-10)13(18)8-21-14-7-11(17(19)20)4-5-12(14)16/h1-7H,8H2. The van der Waals surface area contributed by atoms with Crippen molar-refractivity contribution in [2.24, 2.45) is 0 Å². The van der Waals surface area contributed by atoms with Crippen LogP contribution in [0.15, 0.2) is 42.5 Å². The molecule has 0 N–H and O–H groups in total. The minimum atomic E-state index is -0.544. The van der Waals surface area contributed by atoms with Crippen molar-refractivity contribution in [1.82, 2.24) is 0 Å². The summed E-state index contributed by atoms with van der Waals surface area (Å²) < 4.78 is 19.0. The van der Waals surface area contributed by atoms with Gasteiger partial charge in [-0.3, -0.25) is 14.9 Å². The third-order valence-electron chi connectivity index (χ3n) is 2.63. The maximum absolute atomic E-state index is 13.0. The Morgan fingerprint density at radius 1 is 1.29 bits per heavy atom. The molecule has 0 aliphatic heterocycles. The number of hydrogen-bond acceptors (Lipinski definition) is 4. The molecule has 0 radical (unpaired) electrons. The van der Waals surface area contributed by atoms with Crippen LogP contribution in [0.3, 0.4) is 0 Å². The molecule has 21 heavy (non-hydrogen) atoms. The first kappa shape index (κ1) is 15.4. The summed E-state index contributed by atoms with van der Waals surface area (Å²) in [6, 6.07) is 9.39. The summed E-state index contributed by atoms with van der Waals surface area (Å²) >= 11 is 1.95. The highest BCUT2D eigenvalue weighted by Crippen LogP contribution is 2.26. The third kappa shape index (κ3) is 3.97. The van der Waals surface area contributed by atoms with Crippen molar-refractivity contribution in [1.29, 1.82) is 0 Å². The van der Waals surface area contributed by atoms with Crippen molar-refractivity contribution in [3.05, 3.63) is 67.5 Å². The molecular formula is C14H9FINO4. The van der Waals surface area contributed by atoms with Gasteiger partial charge in [0.25, 0.3) is 5.69 Å². The zero-order valence-electron chi connectivity index (χ0n) is 10.6. The predicted octanol–water partition coefficient (Wildman–Crippen LogP) is 3.60. The normalized spacial score (nSPS) is 10.2. The summed E-state index contributed by atoms with van der Waals surface area (Å²) in [4.78, 5) is 22.0. The van der Waals surface area contributed by atoms with Crippen LogP contribution in [0.4, 0.5) is 10.1 Å². The van der Waals surface area contributed by atoms with Gasteiger partial charge in [0.2, 0.25) is 0 Å². The molecular weight excluding hydrogens is 392 g/mol. The number of nitro benzene ring substituents is 1. The van der Waals surface area contributed by atoms with Gasteiger partial charge < -0.3 is 4.74 Å². The number of rotatable bonds is 5. The minimum absolute atomic E-state index is 0.122. The highest BCUT2D eigenvalue weighted by Gasteiger charge is 2.13. The number of Topliss-reactive ketones (excluding diaryl/α,β-unsaturated/α-hetero) is 1. The van der Waals surface area contributed by atoms with Gasteiger partial charge in [-0.25, -0.2) is 4.39 Å². The Morgan fingerprint density at radius 2 is 2.05 bits per heavy atom. The number of carbonyl (C=O) groups excluding carboxylic acids is 1. The fourth-order valence-corrected chi connectivity index (χ4v) is 2.10. The zero-order chi connectivity index (χ0) is 15.4. The second-order valence-corrected chi connectivity index (χ2v) is 5.26. The van der Waals surface area contributed by atoms with Crippen LogP contribution in [0.25, 0.3) is 0 Å².